The van der Waals surface area contributed by atoms with E-state index in [2.05, 4.69) is 5.32 Å². The first-order valence-corrected chi connectivity index (χ1v) is 6.37. The van der Waals surface area contributed by atoms with Gasteiger partial charge in [0.05, 0.1) is 5.02 Å². The predicted octanol–water partition coefficient (Wildman–Crippen LogP) is 3.78. The van der Waals surface area contributed by atoms with E-state index in [4.69, 9.17) is 16.3 Å². The van der Waals surface area contributed by atoms with Crippen LogP contribution in [0, 0.1) is 5.82 Å². The van der Waals surface area contributed by atoms with Crippen LogP contribution in [0.4, 0.5) is 4.39 Å². The fraction of sp³-hybridized carbons (Fsp3) is 0.200. The third-order valence-electron chi connectivity index (χ3n) is 2.68. The topological polar surface area (TPSA) is 21.3 Å². The molecule has 0 aliphatic rings. The molecular weight excluding hydrogens is 265 g/mol. The van der Waals surface area contributed by atoms with E-state index in [-0.39, 0.29) is 10.8 Å². The molecular formula is C15H15ClFNO. The molecule has 0 fully saturated rings. The monoisotopic (exact) mass is 279 g/mol. The molecule has 0 heterocycles. The van der Waals surface area contributed by atoms with Crippen molar-refractivity contribution in [2.24, 2.45) is 0 Å². The third kappa shape index (κ3) is 3.69. The Labute approximate surface area is 117 Å². The Kier molecular flexibility index (Phi) is 4.77. The minimum Gasteiger partial charge on any atom is -0.486 e. The highest BCUT2D eigenvalue weighted by molar-refractivity contribution is 6.30. The van der Waals surface area contributed by atoms with Crippen LogP contribution in [0.2, 0.25) is 5.02 Å². The molecule has 2 aromatic rings. The standard InChI is InChI=1S/C15H15ClFNO/c1-18-9-11-4-2-5-12(8-11)10-19-14-7-3-6-13(16)15(14)17/h2-8,18H,9-10H2,1H3. The van der Waals surface area contributed by atoms with Gasteiger partial charge in [0.2, 0.25) is 0 Å². The van der Waals surface area contributed by atoms with Crippen LogP contribution in [0.25, 0.3) is 0 Å². The fourth-order valence-electron chi connectivity index (χ4n) is 1.79. The second-order valence-corrected chi connectivity index (χ2v) is 4.60. The summed E-state index contributed by atoms with van der Waals surface area (Å²) in [6.07, 6.45) is 0. The molecule has 0 aromatic heterocycles. The van der Waals surface area contributed by atoms with Gasteiger partial charge in [-0.25, -0.2) is 4.39 Å². The summed E-state index contributed by atoms with van der Waals surface area (Å²) in [5.41, 5.74) is 2.15. The van der Waals surface area contributed by atoms with Gasteiger partial charge in [-0.3, -0.25) is 0 Å². The molecule has 0 amide bonds. The lowest BCUT2D eigenvalue weighted by atomic mass is 10.1. The van der Waals surface area contributed by atoms with E-state index < -0.39 is 5.82 Å². The molecule has 0 bridgehead atoms. The zero-order chi connectivity index (χ0) is 13.7. The van der Waals surface area contributed by atoms with Crippen molar-refractivity contribution in [2.75, 3.05) is 7.05 Å². The molecule has 0 radical (unpaired) electrons. The first kappa shape index (κ1) is 13.8. The van der Waals surface area contributed by atoms with Gasteiger partial charge in [-0.2, -0.15) is 0 Å². The highest BCUT2D eigenvalue weighted by Gasteiger charge is 2.07. The molecule has 0 aliphatic heterocycles. The molecule has 0 atom stereocenters. The molecule has 2 rings (SSSR count). The zero-order valence-electron chi connectivity index (χ0n) is 10.6. The Bertz CT molecular complexity index is 560. The summed E-state index contributed by atoms with van der Waals surface area (Å²) in [4.78, 5) is 0. The SMILES string of the molecule is CNCc1cccc(COc2cccc(Cl)c2F)c1. The zero-order valence-corrected chi connectivity index (χ0v) is 11.4. The Morgan fingerprint density at radius 1 is 1.16 bits per heavy atom. The Hall–Kier alpha value is -1.58. The lowest BCUT2D eigenvalue weighted by Crippen LogP contribution is -2.05. The van der Waals surface area contributed by atoms with Crippen LogP contribution in [-0.4, -0.2) is 7.05 Å². The number of nitrogens with one attached hydrogen (secondary N) is 1. The van der Waals surface area contributed by atoms with E-state index >= 15 is 0 Å². The highest BCUT2D eigenvalue weighted by Crippen LogP contribution is 2.24. The average molecular weight is 280 g/mol. The fourth-order valence-corrected chi connectivity index (χ4v) is 1.96. The van der Waals surface area contributed by atoms with Gasteiger partial charge < -0.3 is 10.1 Å². The van der Waals surface area contributed by atoms with Crippen molar-refractivity contribution in [1.29, 1.82) is 0 Å². The minimum atomic E-state index is -0.518. The van der Waals surface area contributed by atoms with Crippen LogP contribution >= 0.6 is 11.6 Å². The largest absolute Gasteiger partial charge is 0.486 e. The van der Waals surface area contributed by atoms with Gasteiger partial charge in [0.25, 0.3) is 0 Å². The summed E-state index contributed by atoms with van der Waals surface area (Å²) in [5, 5.41) is 3.15. The maximum atomic E-state index is 13.6. The van der Waals surface area contributed by atoms with Gasteiger partial charge in [0.1, 0.15) is 6.61 Å². The molecule has 4 heteroatoms. The summed E-state index contributed by atoms with van der Waals surface area (Å²) < 4.78 is 19.1. The first-order valence-electron chi connectivity index (χ1n) is 6.00. The van der Waals surface area contributed by atoms with Crippen molar-refractivity contribution in [3.8, 4) is 5.75 Å². The van der Waals surface area contributed by atoms with Gasteiger partial charge in [-0.05, 0) is 30.3 Å². The summed E-state index contributed by atoms with van der Waals surface area (Å²) in [6, 6.07) is 12.7. The summed E-state index contributed by atoms with van der Waals surface area (Å²) in [7, 11) is 1.89. The van der Waals surface area contributed by atoms with E-state index in [1.54, 1.807) is 12.1 Å². The number of hydrogen-bond donors (Lipinski definition) is 1. The lowest BCUT2D eigenvalue weighted by molar-refractivity contribution is 0.290. The third-order valence-corrected chi connectivity index (χ3v) is 2.97. The predicted molar refractivity (Wildman–Crippen MR) is 74.9 cm³/mol. The lowest BCUT2D eigenvalue weighted by Gasteiger charge is -2.09. The van der Waals surface area contributed by atoms with E-state index in [9.17, 15) is 4.39 Å². The Morgan fingerprint density at radius 3 is 2.68 bits per heavy atom. The molecule has 0 aliphatic carbocycles. The normalized spacial score (nSPS) is 10.5. The number of ether oxygens (including phenoxy) is 1. The minimum absolute atomic E-state index is 0.0708. The van der Waals surface area contributed by atoms with E-state index in [1.165, 1.54) is 6.07 Å². The summed E-state index contributed by atoms with van der Waals surface area (Å²) in [6.45, 7) is 1.11. The number of rotatable bonds is 5. The second-order valence-electron chi connectivity index (χ2n) is 4.19. The highest BCUT2D eigenvalue weighted by atomic mass is 35.5. The molecule has 19 heavy (non-hydrogen) atoms. The molecule has 2 aromatic carbocycles. The second kappa shape index (κ2) is 6.55. The van der Waals surface area contributed by atoms with Crippen LogP contribution in [-0.2, 0) is 13.2 Å². The van der Waals surface area contributed by atoms with Crippen LogP contribution < -0.4 is 10.1 Å². The van der Waals surface area contributed by atoms with Gasteiger partial charge in [0, 0.05) is 6.54 Å². The Morgan fingerprint density at radius 2 is 1.89 bits per heavy atom. The number of halogens is 2. The van der Waals surface area contributed by atoms with Crippen molar-refractivity contribution in [2.45, 2.75) is 13.2 Å². The number of benzene rings is 2. The Balaban J connectivity index is 2.06. The summed E-state index contributed by atoms with van der Waals surface area (Å²) >= 11 is 5.70. The van der Waals surface area contributed by atoms with Gasteiger partial charge in [0.15, 0.2) is 11.6 Å². The van der Waals surface area contributed by atoms with Crippen molar-refractivity contribution in [3.63, 3.8) is 0 Å². The molecule has 2 nitrogen and oxygen atoms in total. The van der Waals surface area contributed by atoms with Crippen molar-refractivity contribution in [1.82, 2.24) is 5.32 Å². The van der Waals surface area contributed by atoms with Gasteiger partial charge in [-0.15, -0.1) is 0 Å². The molecule has 1 N–H and O–H groups in total. The molecule has 0 saturated heterocycles. The van der Waals surface area contributed by atoms with Crippen molar-refractivity contribution in [3.05, 3.63) is 64.4 Å². The maximum Gasteiger partial charge on any atom is 0.183 e. The van der Waals surface area contributed by atoms with Crippen molar-refractivity contribution >= 4 is 11.6 Å². The van der Waals surface area contributed by atoms with E-state index in [0.29, 0.717) is 6.61 Å². The summed E-state index contributed by atoms with van der Waals surface area (Å²) in [5.74, 6) is -0.345. The molecule has 0 saturated carbocycles. The van der Waals surface area contributed by atoms with Crippen LogP contribution in [0.1, 0.15) is 11.1 Å². The van der Waals surface area contributed by atoms with Gasteiger partial charge >= 0.3 is 0 Å². The maximum absolute atomic E-state index is 13.6. The number of hydrogen-bond acceptors (Lipinski definition) is 2. The van der Waals surface area contributed by atoms with Crippen LogP contribution in [0.5, 0.6) is 5.75 Å². The average Bonchev–Trinajstić information content (AvgIpc) is 2.41. The smallest absolute Gasteiger partial charge is 0.183 e. The first-order chi connectivity index (χ1) is 9.20. The van der Waals surface area contributed by atoms with Crippen molar-refractivity contribution < 1.29 is 9.13 Å². The van der Waals surface area contributed by atoms with E-state index in [0.717, 1.165) is 17.7 Å². The molecule has 0 unspecified atom stereocenters. The van der Waals surface area contributed by atoms with Gasteiger partial charge in [-0.1, -0.05) is 41.9 Å². The van der Waals surface area contributed by atoms with Crippen LogP contribution in [0.15, 0.2) is 42.5 Å². The van der Waals surface area contributed by atoms with Crippen LogP contribution in [0.3, 0.4) is 0 Å². The molecule has 100 valence electrons. The van der Waals surface area contributed by atoms with E-state index in [1.807, 2.05) is 31.3 Å². The molecule has 0 spiro atoms. The quantitative estimate of drug-likeness (QED) is 0.899.